The van der Waals surface area contributed by atoms with Crippen molar-refractivity contribution in [2.45, 2.75) is 50.5 Å². The van der Waals surface area contributed by atoms with Crippen LogP contribution in [0.3, 0.4) is 0 Å². The summed E-state index contributed by atoms with van der Waals surface area (Å²) in [7, 11) is -2.36. The van der Waals surface area contributed by atoms with Gasteiger partial charge in [0.2, 0.25) is 21.9 Å². The van der Waals surface area contributed by atoms with Gasteiger partial charge < -0.3 is 9.47 Å². The molecule has 11 nitrogen and oxygen atoms in total. The Morgan fingerprint density at radius 3 is 2.71 bits per heavy atom. The summed E-state index contributed by atoms with van der Waals surface area (Å²) < 4.78 is 41.8. The van der Waals surface area contributed by atoms with Crippen molar-refractivity contribution in [3.8, 4) is 17.4 Å². The minimum atomic E-state index is -3.88. The van der Waals surface area contributed by atoms with Gasteiger partial charge in [0, 0.05) is 31.0 Å². The zero-order chi connectivity index (χ0) is 24.3. The molecule has 0 bridgehead atoms. The first-order valence-corrected chi connectivity index (χ1v) is 12.8. The maximum atomic E-state index is 13.3. The van der Waals surface area contributed by atoms with Crippen molar-refractivity contribution >= 4 is 27.6 Å². The molecule has 3 atom stereocenters. The Balaban J connectivity index is 1.64. The number of anilines is 1. The van der Waals surface area contributed by atoms with Crippen LogP contribution in [0.5, 0.6) is 5.88 Å². The summed E-state index contributed by atoms with van der Waals surface area (Å²) in [5.41, 5.74) is 0.506. The topological polar surface area (TPSA) is 134 Å². The molecule has 1 fully saturated rings. The number of methoxy groups -OCH3 is 1. The van der Waals surface area contributed by atoms with Gasteiger partial charge in [-0.15, -0.1) is 10.2 Å². The molecular formula is C21H26ClN7O4S. The molecule has 13 heteroatoms. The number of nitrogens with one attached hydrogen (secondary N) is 1. The number of rotatable bonds is 9. The molecule has 0 spiro atoms. The van der Waals surface area contributed by atoms with Crippen molar-refractivity contribution in [2.75, 3.05) is 18.4 Å². The molecule has 1 N–H and O–H groups in total. The fraction of sp³-hybridized carbons (Fsp3) is 0.476. The maximum absolute atomic E-state index is 13.3. The number of ether oxygens (including phenoxy) is 2. The van der Waals surface area contributed by atoms with Gasteiger partial charge in [0.25, 0.3) is 0 Å². The van der Waals surface area contributed by atoms with Gasteiger partial charge in [-0.25, -0.2) is 23.4 Å². The average Bonchev–Trinajstić information content (AvgIpc) is 3.49. The number of hydrogen-bond donors (Lipinski definition) is 1. The average molecular weight is 508 g/mol. The quantitative estimate of drug-likeness (QED) is 0.463. The lowest BCUT2D eigenvalue weighted by atomic mass is 10.1. The fourth-order valence-electron chi connectivity index (χ4n) is 3.64. The zero-order valence-electron chi connectivity index (χ0n) is 19.0. The summed E-state index contributed by atoms with van der Waals surface area (Å²) in [5.74, 6) is 0.796. The highest BCUT2D eigenvalue weighted by atomic mass is 35.5. The number of hydrogen-bond acceptors (Lipinski definition) is 9. The Morgan fingerprint density at radius 1 is 1.26 bits per heavy atom. The SMILES string of the molecule is COc1cccc(-c2nnc(NS(=O)(=O)[C@@H](C)[C@H](C)c3ncc(Cl)cn3)n2CC2CCCO2)n1. The standard InChI is InChI=1S/C21H26ClN7O4S/c1-13(19-23-10-15(22)11-24-19)14(2)34(30,31)28-21-27-26-20(17-7-4-8-18(25-17)32-3)29(21)12-16-6-5-9-33-16/h4,7-8,10-11,13-14,16H,5-6,9,12H2,1-3H3,(H,27,28)/t13-,14-,16?/m0/s1. The lowest BCUT2D eigenvalue weighted by Gasteiger charge is -2.21. The molecule has 4 heterocycles. The van der Waals surface area contributed by atoms with Gasteiger partial charge in [-0.2, -0.15) is 0 Å². The highest BCUT2D eigenvalue weighted by molar-refractivity contribution is 7.93. The van der Waals surface area contributed by atoms with Crippen LogP contribution in [0.1, 0.15) is 38.4 Å². The van der Waals surface area contributed by atoms with Gasteiger partial charge in [0.1, 0.15) is 11.5 Å². The number of nitrogens with zero attached hydrogens (tertiary/aromatic N) is 6. The predicted molar refractivity (Wildman–Crippen MR) is 126 cm³/mol. The van der Waals surface area contributed by atoms with Crippen molar-refractivity contribution in [3.63, 3.8) is 0 Å². The van der Waals surface area contributed by atoms with Gasteiger partial charge in [-0.1, -0.05) is 24.6 Å². The Bertz CT molecular complexity index is 1230. The summed E-state index contributed by atoms with van der Waals surface area (Å²) in [6, 6.07) is 5.27. The fourth-order valence-corrected chi connectivity index (χ4v) is 4.99. The normalized spacial score (nSPS) is 17.9. The van der Waals surface area contributed by atoms with Crippen molar-refractivity contribution in [2.24, 2.45) is 0 Å². The molecule has 0 amide bonds. The Hall–Kier alpha value is -2.83. The van der Waals surface area contributed by atoms with E-state index in [9.17, 15) is 8.42 Å². The van der Waals surface area contributed by atoms with E-state index in [1.807, 2.05) is 0 Å². The summed E-state index contributed by atoms with van der Waals surface area (Å²) in [5, 5.41) is 7.89. The summed E-state index contributed by atoms with van der Waals surface area (Å²) in [6.45, 7) is 4.38. The molecule has 34 heavy (non-hydrogen) atoms. The summed E-state index contributed by atoms with van der Waals surface area (Å²) in [6.07, 6.45) is 4.60. The molecular weight excluding hydrogens is 482 g/mol. The van der Waals surface area contributed by atoms with Gasteiger partial charge in [0.05, 0.1) is 30.0 Å². The highest BCUT2D eigenvalue weighted by Gasteiger charge is 2.32. The Labute approximate surface area is 203 Å². The van der Waals surface area contributed by atoms with Gasteiger partial charge in [-0.05, 0) is 25.8 Å². The molecule has 0 aliphatic carbocycles. The molecule has 1 aliphatic rings. The smallest absolute Gasteiger partial charge is 0.238 e. The van der Waals surface area contributed by atoms with Crippen LogP contribution in [0, 0.1) is 0 Å². The molecule has 4 rings (SSSR count). The van der Waals surface area contributed by atoms with E-state index in [1.165, 1.54) is 19.5 Å². The highest BCUT2D eigenvalue weighted by Crippen LogP contribution is 2.27. The summed E-state index contributed by atoms with van der Waals surface area (Å²) in [4.78, 5) is 12.7. The first kappa shape index (κ1) is 24.3. The van der Waals surface area contributed by atoms with Crippen molar-refractivity contribution < 1.29 is 17.9 Å². The Kier molecular flexibility index (Phi) is 7.29. The first-order chi connectivity index (χ1) is 16.3. The van der Waals surface area contributed by atoms with Crippen molar-refractivity contribution in [1.29, 1.82) is 0 Å². The van der Waals surface area contributed by atoms with Crippen LogP contribution < -0.4 is 9.46 Å². The second-order valence-corrected chi connectivity index (χ2v) is 10.5. The lowest BCUT2D eigenvalue weighted by Crippen LogP contribution is -2.32. The third-order valence-electron chi connectivity index (χ3n) is 5.80. The molecule has 1 aliphatic heterocycles. The molecule has 1 unspecified atom stereocenters. The van der Waals surface area contributed by atoms with Gasteiger partial charge >= 0.3 is 0 Å². The van der Waals surface area contributed by atoms with Crippen LogP contribution in [0.2, 0.25) is 5.02 Å². The van der Waals surface area contributed by atoms with E-state index in [0.29, 0.717) is 41.4 Å². The van der Waals surface area contributed by atoms with Crippen LogP contribution in [0.25, 0.3) is 11.5 Å². The van der Waals surface area contributed by atoms with E-state index >= 15 is 0 Å². The number of pyridine rings is 1. The lowest BCUT2D eigenvalue weighted by molar-refractivity contribution is 0.0977. The zero-order valence-corrected chi connectivity index (χ0v) is 20.6. The van der Waals surface area contributed by atoms with Gasteiger partial charge in [0.15, 0.2) is 5.82 Å². The molecule has 182 valence electrons. The first-order valence-electron chi connectivity index (χ1n) is 10.8. The van der Waals surface area contributed by atoms with E-state index in [4.69, 9.17) is 21.1 Å². The van der Waals surface area contributed by atoms with Crippen LogP contribution in [-0.2, 0) is 21.3 Å². The second-order valence-electron chi connectivity index (χ2n) is 8.06. The molecule has 3 aromatic rings. The van der Waals surface area contributed by atoms with Crippen molar-refractivity contribution in [3.05, 3.63) is 41.4 Å². The Morgan fingerprint density at radius 2 is 2.03 bits per heavy atom. The maximum Gasteiger partial charge on any atom is 0.238 e. The van der Waals surface area contributed by atoms with Crippen LogP contribution in [0.15, 0.2) is 30.6 Å². The largest absolute Gasteiger partial charge is 0.481 e. The molecule has 3 aromatic heterocycles. The molecule has 1 saturated heterocycles. The summed E-state index contributed by atoms with van der Waals surface area (Å²) >= 11 is 5.86. The third-order valence-corrected chi connectivity index (χ3v) is 7.85. The second kappa shape index (κ2) is 10.2. The number of sulfonamides is 1. The monoisotopic (exact) mass is 507 g/mol. The third kappa shape index (κ3) is 5.29. The van der Waals surface area contributed by atoms with E-state index < -0.39 is 21.2 Å². The van der Waals surface area contributed by atoms with E-state index in [0.717, 1.165) is 12.8 Å². The number of halogens is 1. The molecule has 0 saturated carbocycles. The molecule has 0 aromatic carbocycles. The van der Waals surface area contributed by atoms with Crippen molar-refractivity contribution in [1.82, 2.24) is 29.7 Å². The van der Waals surface area contributed by atoms with Gasteiger partial charge in [-0.3, -0.25) is 9.29 Å². The predicted octanol–water partition coefficient (Wildman–Crippen LogP) is 2.91. The molecule has 0 radical (unpaired) electrons. The minimum absolute atomic E-state index is 0.0811. The van der Waals surface area contributed by atoms with Crippen LogP contribution >= 0.6 is 11.6 Å². The van der Waals surface area contributed by atoms with E-state index in [2.05, 4.69) is 29.9 Å². The van der Waals surface area contributed by atoms with E-state index in [-0.39, 0.29) is 12.1 Å². The number of aromatic nitrogens is 6. The van der Waals surface area contributed by atoms with Crippen LogP contribution in [0.4, 0.5) is 5.95 Å². The van der Waals surface area contributed by atoms with E-state index in [1.54, 1.807) is 36.6 Å². The minimum Gasteiger partial charge on any atom is -0.481 e. The van der Waals surface area contributed by atoms with Crippen LogP contribution in [-0.4, -0.2) is 63.2 Å².